The van der Waals surface area contributed by atoms with E-state index in [1.54, 1.807) is 13.2 Å². The van der Waals surface area contributed by atoms with Gasteiger partial charge in [0.1, 0.15) is 6.61 Å². The number of likely N-dealkylation sites (tertiary alicyclic amines) is 1. The Labute approximate surface area is 125 Å². The summed E-state index contributed by atoms with van der Waals surface area (Å²) in [5.41, 5.74) is 0.315. The molecule has 1 amide bonds. The number of nitrogens with zero attached hydrogens (tertiary/aromatic N) is 2. The molecule has 0 aromatic carbocycles. The molecule has 0 radical (unpaired) electrons. The van der Waals surface area contributed by atoms with Gasteiger partial charge in [0.25, 0.3) is 5.91 Å². The molecule has 6 nitrogen and oxygen atoms in total. The molecule has 1 aliphatic heterocycles. The van der Waals surface area contributed by atoms with E-state index in [1.165, 1.54) is 6.42 Å². The smallest absolute Gasteiger partial charge is 0.273 e. The summed E-state index contributed by atoms with van der Waals surface area (Å²) < 4.78 is 9.97. The van der Waals surface area contributed by atoms with Crippen LogP contribution in [0, 0.1) is 5.92 Å². The number of aromatic nitrogens is 1. The third-order valence-corrected chi connectivity index (χ3v) is 3.68. The Hall–Kier alpha value is -1.40. The van der Waals surface area contributed by atoms with Crippen molar-refractivity contribution in [3.63, 3.8) is 0 Å². The summed E-state index contributed by atoms with van der Waals surface area (Å²) in [4.78, 5) is 14.5. The molecule has 0 aliphatic carbocycles. The number of hydrogen-bond donors (Lipinski definition) is 1. The van der Waals surface area contributed by atoms with Crippen LogP contribution >= 0.6 is 0 Å². The summed E-state index contributed by atoms with van der Waals surface area (Å²) in [6.07, 6.45) is 2.34. The Morgan fingerprint density at radius 1 is 1.62 bits per heavy atom. The van der Waals surface area contributed by atoms with Gasteiger partial charge in [0.05, 0.1) is 0 Å². The zero-order valence-electron chi connectivity index (χ0n) is 13.1. The van der Waals surface area contributed by atoms with Crippen molar-refractivity contribution < 1.29 is 14.1 Å². The first-order chi connectivity index (χ1) is 10.1. The minimum Gasteiger partial charge on any atom is -0.377 e. The molecule has 1 atom stereocenters. The molecule has 0 bridgehead atoms. The van der Waals surface area contributed by atoms with Gasteiger partial charge in [0.2, 0.25) is 0 Å². The van der Waals surface area contributed by atoms with Crippen molar-refractivity contribution in [3.8, 4) is 0 Å². The van der Waals surface area contributed by atoms with Gasteiger partial charge >= 0.3 is 0 Å². The van der Waals surface area contributed by atoms with Gasteiger partial charge in [-0.2, -0.15) is 0 Å². The molecule has 1 aromatic heterocycles. The third-order valence-electron chi connectivity index (χ3n) is 3.68. The lowest BCUT2D eigenvalue weighted by molar-refractivity contribution is 0.0929. The Morgan fingerprint density at radius 2 is 2.43 bits per heavy atom. The molecule has 0 spiro atoms. The van der Waals surface area contributed by atoms with Crippen molar-refractivity contribution in [2.75, 3.05) is 26.7 Å². The van der Waals surface area contributed by atoms with Crippen LogP contribution in [0.25, 0.3) is 0 Å². The highest BCUT2D eigenvalue weighted by atomic mass is 16.5. The maximum Gasteiger partial charge on any atom is 0.273 e. The average molecular weight is 295 g/mol. The van der Waals surface area contributed by atoms with E-state index in [2.05, 4.69) is 29.2 Å². The Balaban J connectivity index is 1.82. The second-order valence-electron chi connectivity index (χ2n) is 6.01. The first-order valence-corrected chi connectivity index (χ1v) is 7.57. The number of amides is 1. The van der Waals surface area contributed by atoms with Gasteiger partial charge in [0.15, 0.2) is 11.5 Å². The molecule has 1 aromatic rings. The summed E-state index contributed by atoms with van der Waals surface area (Å²) in [6.45, 7) is 7.65. The van der Waals surface area contributed by atoms with Crippen molar-refractivity contribution in [2.45, 2.75) is 39.3 Å². The van der Waals surface area contributed by atoms with E-state index in [4.69, 9.17) is 9.26 Å². The molecule has 0 saturated carbocycles. The first kappa shape index (κ1) is 16.0. The van der Waals surface area contributed by atoms with Gasteiger partial charge in [-0.1, -0.05) is 19.0 Å². The van der Waals surface area contributed by atoms with E-state index in [1.807, 2.05) is 0 Å². The number of nitrogens with one attached hydrogen (secondary N) is 1. The van der Waals surface area contributed by atoms with Crippen LogP contribution in [0.2, 0.25) is 0 Å². The molecule has 21 heavy (non-hydrogen) atoms. The van der Waals surface area contributed by atoms with Crippen LogP contribution in [-0.2, 0) is 11.3 Å². The highest BCUT2D eigenvalue weighted by Gasteiger charge is 2.25. The van der Waals surface area contributed by atoms with Gasteiger partial charge < -0.3 is 14.6 Å². The molecule has 1 N–H and O–H groups in total. The SMILES string of the molecule is COCc1cc(C(=O)NC[C@H]2CCCN2CC(C)C)no1. The quantitative estimate of drug-likeness (QED) is 0.829. The maximum atomic E-state index is 12.1. The van der Waals surface area contributed by atoms with Crippen molar-refractivity contribution in [2.24, 2.45) is 5.92 Å². The second kappa shape index (κ2) is 7.56. The second-order valence-corrected chi connectivity index (χ2v) is 6.01. The van der Waals surface area contributed by atoms with Gasteiger partial charge in [-0.15, -0.1) is 0 Å². The molecule has 0 unspecified atom stereocenters. The molecular formula is C15H25N3O3. The van der Waals surface area contributed by atoms with E-state index >= 15 is 0 Å². The lowest BCUT2D eigenvalue weighted by atomic mass is 10.1. The first-order valence-electron chi connectivity index (χ1n) is 7.57. The summed E-state index contributed by atoms with van der Waals surface area (Å²) in [5, 5.41) is 6.72. The monoisotopic (exact) mass is 295 g/mol. The fourth-order valence-electron chi connectivity index (χ4n) is 2.77. The van der Waals surface area contributed by atoms with Crippen molar-refractivity contribution >= 4 is 5.91 Å². The van der Waals surface area contributed by atoms with Crippen LogP contribution < -0.4 is 5.32 Å². The fraction of sp³-hybridized carbons (Fsp3) is 0.733. The largest absolute Gasteiger partial charge is 0.377 e. The van der Waals surface area contributed by atoms with E-state index in [-0.39, 0.29) is 5.91 Å². The van der Waals surface area contributed by atoms with E-state index < -0.39 is 0 Å². The summed E-state index contributed by atoms with van der Waals surface area (Å²) in [5.74, 6) is 1.02. The highest BCUT2D eigenvalue weighted by Crippen LogP contribution is 2.18. The summed E-state index contributed by atoms with van der Waals surface area (Å²) in [7, 11) is 1.58. The van der Waals surface area contributed by atoms with Crippen LogP contribution in [0.15, 0.2) is 10.6 Å². The zero-order valence-corrected chi connectivity index (χ0v) is 13.1. The third kappa shape index (κ3) is 4.54. The topological polar surface area (TPSA) is 67.6 Å². The van der Waals surface area contributed by atoms with Crippen LogP contribution in [0.5, 0.6) is 0 Å². The minimum atomic E-state index is -0.183. The molecule has 1 fully saturated rings. The van der Waals surface area contributed by atoms with Crippen LogP contribution in [0.3, 0.4) is 0 Å². The van der Waals surface area contributed by atoms with Crippen LogP contribution in [0.4, 0.5) is 0 Å². The Kier molecular flexibility index (Phi) is 5.76. The number of ether oxygens (including phenoxy) is 1. The lowest BCUT2D eigenvalue weighted by Gasteiger charge is -2.26. The lowest BCUT2D eigenvalue weighted by Crippen LogP contribution is -2.41. The average Bonchev–Trinajstić information content (AvgIpc) is 3.05. The number of methoxy groups -OCH3 is 1. The highest BCUT2D eigenvalue weighted by molar-refractivity contribution is 5.92. The Bertz CT molecular complexity index is 459. The van der Waals surface area contributed by atoms with Crippen molar-refractivity contribution in [1.82, 2.24) is 15.4 Å². The summed E-state index contributed by atoms with van der Waals surface area (Å²) in [6, 6.07) is 2.06. The normalized spacial score (nSPS) is 19.3. The summed E-state index contributed by atoms with van der Waals surface area (Å²) >= 11 is 0. The van der Waals surface area contributed by atoms with Gasteiger partial charge in [0, 0.05) is 32.3 Å². The molecule has 118 valence electrons. The van der Waals surface area contributed by atoms with Gasteiger partial charge in [-0.25, -0.2) is 0 Å². The molecular weight excluding hydrogens is 270 g/mol. The number of hydrogen-bond acceptors (Lipinski definition) is 5. The number of carbonyl (C=O) groups excluding carboxylic acids is 1. The molecule has 2 heterocycles. The predicted molar refractivity (Wildman–Crippen MR) is 79.0 cm³/mol. The van der Waals surface area contributed by atoms with Crippen LogP contribution in [-0.4, -0.2) is 48.7 Å². The standard InChI is InChI=1S/C15H25N3O3/c1-11(2)9-18-6-4-5-12(18)8-16-15(19)14-7-13(10-20-3)21-17-14/h7,11-12H,4-6,8-10H2,1-3H3,(H,16,19)/t12-/m1/s1. The van der Waals surface area contributed by atoms with Crippen LogP contribution in [0.1, 0.15) is 42.9 Å². The van der Waals surface area contributed by atoms with E-state index in [9.17, 15) is 4.79 Å². The van der Waals surface area contributed by atoms with Gasteiger partial charge in [-0.3, -0.25) is 9.69 Å². The van der Waals surface area contributed by atoms with Crippen molar-refractivity contribution in [1.29, 1.82) is 0 Å². The number of carbonyl (C=O) groups is 1. The minimum absolute atomic E-state index is 0.183. The van der Waals surface area contributed by atoms with E-state index in [0.29, 0.717) is 36.6 Å². The molecule has 6 heteroatoms. The molecule has 1 aliphatic rings. The fourth-order valence-corrected chi connectivity index (χ4v) is 2.77. The molecule has 1 saturated heterocycles. The molecule has 2 rings (SSSR count). The van der Waals surface area contributed by atoms with Crippen molar-refractivity contribution in [3.05, 3.63) is 17.5 Å². The van der Waals surface area contributed by atoms with E-state index in [0.717, 1.165) is 19.5 Å². The predicted octanol–water partition coefficient (Wildman–Crippen LogP) is 1.67. The zero-order chi connectivity index (χ0) is 15.2. The number of rotatable bonds is 7. The Morgan fingerprint density at radius 3 is 3.14 bits per heavy atom. The maximum absolute atomic E-state index is 12.1. The van der Waals surface area contributed by atoms with Gasteiger partial charge in [-0.05, 0) is 25.3 Å².